The van der Waals surface area contributed by atoms with Crippen molar-refractivity contribution in [3.8, 4) is 0 Å². The van der Waals surface area contributed by atoms with E-state index in [1.807, 2.05) is 20.9 Å². The fourth-order valence-electron chi connectivity index (χ4n) is 2.93. The molecule has 2 aromatic rings. The normalized spacial score (nSPS) is 12.1. The first-order chi connectivity index (χ1) is 8.69. The zero-order valence-corrected chi connectivity index (χ0v) is 12.5. The zero-order chi connectivity index (χ0) is 14.5. The number of nitrogens with zero attached hydrogens (tertiary/aromatic N) is 1. The number of aliphatic carboxylic acids is 1. The van der Waals surface area contributed by atoms with E-state index in [1.165, 1.54) is 5.56 Å². The first kappa shape index (κ1) is 13.7. The Kier molecular flexibility index (Phi) is 2.96. The van der Waals surface area contributed by atoms with Crippen LogP contribution in [0.15, 0.2) is 12.1 Å². The highest BCUT2D eigenvalue weighted by Crippen LogP contribution is 2.38. The second-order valence-corrected chi connectivity index (χ2v) is 5.87. The molecule has 0 saturated carbocycles. The lowest BCUT2D eigenvalue weighted by Crippen LogP contribution is -2.29. The van der Waals surface area contributed by atoms with Gasteiger partial charge in [0.05, 0.1) is 10.9 Å². The zero-order valence-electron chi connectivity index (χ0n) is 12.5. The third-order valence-corrected chi connectivity index (χ3v) is 4.20. The van der Waals surface area contributed by atoms with Crippen LogP contribution in [-0.2, 0) is 17.3 Å². The first-order valence-electron chi connectivity index (χ1n) is 6.48. The van der Waals surface area contributed by atoms with Crippen molar-refractivity contribution in [2.24, 2.45) is 7.05 Å². The molecule has 0 amide bonds. The van der Waals surface area contributed by atoms with Crippen LogP contribution in [0.1, 0.15) is 36.2 Å². The van der Waals surface area contributed by atoms with Crippen LogP contribution in [0.25, 0.3) is 10.9 Å². The van der Waals surface area contributed by atoms with Crippen molar-refractivity contribution in [2.75, 3.05) is 0 Å². The summed E-state index contributed by atoms with van der Waals surface area (Å²) in [6.07, 6.45) is 0. The summed E-state index contributed by atoms with van der Waals surface area (Å²) in [6, 6.07) is 4.16. The Hall–Kier alpha value is -1.77. The lowest BCUT2D eigenvalue weighted by atomic mass is 9.82. The standard InChI is InChI=1S/C16H21NO2/c1-9-7-8-10(2)14-12(9)13(11(3)17(14)6)16(4,5)15(18)19/h7-8H,1-6H3,(H,18,19). The molecule has 2 rings (SSSR count). The van der Waals surface area contributed by atoms with Crippen LogP contribution < -0.4 is 0 Å². The van der Waals surface area contributed by atoms with Crippen LogP contribution in [0.3, 0.4) is 0 Å². The van der Waals surface area contributed by atoms with Gasteiger partial charge < -0.3 is 9.67 Å². The Morgan fingerprint density at radius 1 is 1.16 bits per heavy atom. The summed E-state index contributed by atoms with van der Waals surface area (Å²) >= 11 is 0. The number of carbonyl (C=O) groups is 1. The quantitative estimate of drug-likeness (QED) is 0.897. The molecule has 3 heteroatoms. The predicted octanol–water partition coefficient (Wildman–Crippen LogP) is 3.47. The van der Waals surface area contributed by atoms with Gasteiger partial charge >= 0.3 is 5.97 Å². The van der Waals surface area contributed by atoms with Crippen molar-refractivity contribution in [3.05, 3.63) is 34.5 Å². The smallest absolute Gasteiger partial charge is 0.313 e. The largest absolute Gasteiger partial charge is 0.481 e. The molecule has 0 radical (unpaired) electrons. The van der Waals surface area contributed by atoms with E-state index < -0.39 is 11.4 Å². The monoisotopic (exact) mass is 259 g/mol. The molecular weight excluding hydrogens is 238 g/mol. The summed E-state index contributed by atoms with van der Waals surface area (Å²) in [5.74, 6) is -0.788. The average molecular weight is 259 g/mol. The molecule has 1 N–H and O–H groups in total. The number of carboxylic acids is 1. The van der Waals surface area contributed by atoms with E-state index in [0.29, 0.717) is 0 Å². The molecule has 0 atom stereocenters. The van der Waals surface area contributed by atoms with Crippen molar-refractivity contribution in [1.29, 1.82) is 0 Å². The van der Waals surface area contributed by atoms with E-state index in [1.54, 1.807) is 13.8 Å². The van der Waals surface area contributed by atoms with E-state index in [-0.39, 0.29) is 0 Å². The molecule has 0 fully saturated rings. The number of aromatic nitrogens is 1. The maximum Gasteiger partial charge on any atom is 0.313 e. The number of benzene rings is 1. The van der Waals surface area contributed by atoms with E-state index in [9.17, 15) is 9.90 Å². The minimum atomic E-state index is -0.887. The van der Waals surface area contributed by atoms with Crippen LogP contribution >= 0.6 is 0 Å². The molecule has 1 aromatic carbocycles. The minimum Gasteiger partial charge on any atom is -0.481 e. The highest BCUT2D eigenvalue weighted by atomic mass is 16.4. The van der Waals surface area contributed by atoms with E-state index in [0.717, 1.165) is 27.7 Å². The first-order valence-corrected chi connectivity index (χ1v) is 6.48. The Labute approximate surface area is 113 Å². The van der Waals surface area contributed by atoms with Gasteiger partial charge in [-0.2, -0.15) is 0 Å². The molecule has 0 aliphatic rings. The predicted molar refractivity (Wildman–Crippen MR) is 77.8 cm³/mol. The number of rotatable bonds is 2. The van der Waals surface area contributed by atoms with E-state index in [4.69, 9.17) is 0 Å². The Bertz CT molecular complexity index is 678. The van der Waals surface area contributed by atoms with Gasteiger partial charge in [0.2, 0.25) is 0 Å². The van der Waals surface area contributed by atoms with Gasteiger partial charge in [0.25, 0.3) is 0 Å². The van der Waals surface area contributed by atoms with Gasteiger partial charge in [0, 0.05) is 18.1 Å². The highest BCUT2D eigenvalue weighted by molar-refractivity contribution is 5.96. The molecule has 1 aromatic heterocycles. The fraction of sp³-hybridized carbons (Fsp3) is 0.438. The molecule has 0 aliphatic heterocycles. The summed E-state index contributed by atoms with van der Waals surface area (Å²) in [5, 5.41) is 10.6. The van der Waals surface area contributed by atoms with Gasteiger partial charge in [0.1, 0.15) is 0 Å². The van der Waals surface area contributed by atoms with Crippen molar-refractivity contribution in [3.63, 3.8) is 0 Å². The topological polar surface area (TPSA) is 42.2 Å². The highest BCUT2D eigenvalue weighted by Gasteiger charge is 2.35. The van der Waals surface area contributed by atoms with E-state index >= 15 is 0 Å². The van der Waals surface area contributed by atoms with Crippen LogP contribution in [0.2, 0.25) is 0 Å². The van der Waals surface area contributed by atoms with E-state index in [2.05, 4.69) is 23.6 Å². The summed E-state index contributed by atoms with van der Waals surface area (Å²) in [6.45, 7) is 9.66. The molecule has 0 unspecified atom stereocenters. The third-order valence-electron chi connectivity index (χ3n) is 4.20. The minimum absolute atomic E-state index is 0.788. The molecule has 0 aliphatic carbocycles. The van der Waals surface area contributed by atoms with Gasteiger partial charge in [-0.1, -0.05) is 12.1 Å². The van der Waals surface area contributed by atoms with Gasteiger partial charge in [-0.3, -0.25) is 4.79 Å². The summed E-state index contributed by atoms with van der Waals surface area (Å²) in [7, 11) is 2.01. The van der Waals surface area contributed by atoms with Crippen LogP contribution in [0.4, 0.5) is 0 Å². The Balaban J connectivity index is 3.02. The number of hydrogen-bond donors (Lipinski definition) is 1. The Morgan fingerprint density at radius 3 is 2.21 bits per heavy atom. The van der Waals surface area contributed by atoms with Crippen molar-refractivity contribution >= 4 is 16.9 Å². The maximum absolute atomic E-state index is 11.6. The van der Waals surface area contributed by atoms with Gasteiger partial charge in [-0.05, 0) is 51.3 Å². The summed E-state index contributed by atoms with van der Waals surface area (Å²) < 4.78 is 2.11. The molecule has 0 saturated heterocycles. The third kappa shape index (κ3) is 1.76. The van der Waals surface area contributed by atoms with Crippen LogP contribution in [-0.4, -0.2) is 15.6 Å². The second-order valence-electron chi connectivity index (χ2n) is 5.87. The van der Waals surface area contributed by atoms with Gasteiger partial charge in [-0.25, -0.2) is 0 Å². The fourth-order valence-corrected chi connectivity index (χ4v) is 2.93. The van der Waals surface area contributed by atoms with Gasteiger partial charge in [0.15, 0.2) is 0 Å². The number of carboxylic acid groups (broad SMARTS) is 1. The molecule has 0 spiro atoms. The number of aryl methyl sites for hydroxylation is 3. The average Bonchev–Trinajstić information content (AvgIpc) is 2.59. The van der Waals surface area contributed by atoms with Crippen LogP contribution in [0.5, 0.6) is 0 Å². The molecule has 0 bridgehead atoms. The number of hydrogen-bond acceptors (Lipinski definition) is 1. The second kappa shape index (κ2) is 4.12. The van der Waals surface area contributed by atoms with Crippen molar-refractivity contribution < 1.29 is 9.90 Å². The summed E-state index contributed by atoms with van der Waals surface area (Å²) in [5.41, 5.74) is 4.52. The molecular formula is C16H21NO2. The van der Waals surface area contributed by atoms with Gasteiger partial charge in [-0.15, -0.1) is 0 Å². The lowest BCUT2D eigenvalue weighted by molar-refractivity contribution is -0.142. The van der Waals surface area contributed by atoms with Crippen molar-refractivity contribution in [2.45, 2.75) is 40.0 Å². The van der Waals surface area contributed by atoms with Crippen molar-refractivity contribution in [1.82, 2.24) is 4.57 Å². The maximum atomic E-state index is 11.6. The summed E-state index contributed by atoms with van der Waals surface area (Å²) in [4.78, 5) is 11.6. The molecule has 19 heavy (non-hydrogen) atoms. The Morgan fingerprint density at radius 2 is 1.68 bits per heavy atom. The SMILES string of the molecule is Cc1ccc(C)c2c1c(C(C)(C)C(=O)O)c(C)n2C. The number of fused-ring (bicyclic) bond motifs is 1. The lowest BCUT2D eigenvalue weighted by Gasteiger charge is -2.21. The molecule has 102 valence electrons. The van der Waals surface area contributed by atoms with Crippen LogP contribution in [0, 0.1) is 20.8 Å². The molecule has 3 nitrogen and oxygen atoms in total. The molecule has 1 heterocycles.